The smallest absolute Gasteiger partial charge is 0.212 e. The third-order valence-electron chi connectivity index (χ3n) is 2.60. The summed E-state index contributed by atoms with van der Waals surface area (Å²) in [5.41, 5.74) is 1.25. The van der Waals surface area contributed by atoms with E-state index in [1.54, 1.807) is 7.05 Å². The summed E-state index contributed by atoms with van der Waals surface area (Å²) >= 11 is 0. The topological polar surface area (TPSA) is 64.9 Å². The maximum atomic E-state index is 5.59. The highest BCUT2D eigenvalue weighted by atomic mass is 16.5. The molecule has 2 rings (SSSR count). The molecule has 0 bridgehead atoms. The lowest BCUT2D eigenvalue weighted by Gasteiger charge is -2.06. The van der Waals surface area contributed by atoms with Crippen LogP contribution in [0, 0.1) is 0 Å². The van der Waals surface area contributed by atoms with Crippen LogP contribution in [0.25, 0.3) is 0 Å². The number of hydrogen-bond donors (Lipinski definition) is 1. The van der Waals surface area contributed by atoms with Gasteiger partial charge in [-0.25, -0.2) is 0 Å². The van der Waals surface area contributed by atoms with Gasteiger partial charge in [-0.1, -0.05) is 19.1 Å². The fourth-order valence-electron chi connectivity index (χ4n) is 1.64. The van der Waals surface area contributed by atoms with Crippen molar-refractivity contribution < 1.29 is 4.74 Å². The van der Waals surface area contributed by atoms with E-state index in [0.29, 0.717) is 12.4 Å². The molecule has 0 aliphatic rings. The molecule has 1 aromatic carbocycles. The van der Waals surface area contributed by atoms with E-state index in [9.17, 15) is 0 Å². The molecular formula is C13H19N5O. The van der Waals surface area contributed by atoms with Crippen LogP contribution in [0.3, 0.4) is 0 Å². The molecule has 0 unspecified atom stereocenters. The summed E-state index contributed by atoms with van der Waals surface area (Å²) in [6.07, 6.45) is 1.15. The van der Waals surface area contributed by atoms with Gasteiger partial charge in [-0.3, -0.25) is 0 Å². The van der Waals surface area contributed by atoms with Gasteiger partial charge >= 0.3 is 0 Å². The van der Waals surface area contributed by atoms with Gasteiger partial charge < -0.3 is 10.1 Å². The lowest BCUT2D eigenvalue weighted by Crippen LogP contribution is -2.13. The number of rotatable bonds is 7. The molecule has 0 aliphatic heterocycles. The van der Waals surface area contributed by atoms with E-state index in [0.717, 1.165) is 25.3 Å². The minimum Gasteiger partial charge on any atom is -0.485 e. The zero-order chi connectivity index (χ0) is 13.5. The minimum absolute atomic E-state index is 0.335. The molecule has 0 fully saturated rings. The van der Waals surface area contributed by atoms with Crippen molar-refractivity contribution in [3.63, 3.8) is 0 Å². The van der Waals surface area contributed by atoms with E-state index in [1.807, 2.05) is 12.1 Å². The summed E-state index contributed by atoms with van der Waals surface area (Å²) < 4.78 is 5.59. The summed E-state index contributed by atoms with van der Waals surface area (Å²) in [7, 11) is 1.73. The number of hydrogen-bond acceptors (Lipinski definition) is 5. The largest absolute Gasteiger partial charge is 0.485 e. The van der Waals surface area contributed by atoms with Crippen LogP contribution in [-0.2, 0) is 20.2 Å². The van der Waals surface area contributed by atoms with Crippen LogP contribution in [0.1, 0.15) is 24.7 Å². The Bertz CT molecular complexity index is 494. The molecule has 19 heavy (non-hydrogen) atoms. The third-order valence-corrected chi connectivity index (χ3v) is 2.60. The quantitative estimate of drug-likeness (QED) is 0.761. The minimum atomic E-state index is 0.335. The van der Waals surface area contributed by atoms with Crippen LogP contribution in [0.5, 0.6) is 5.75 Å². The highest BCUT2D eigenvalue weighted by Gasteiger charge is 2.01. The molecule has 6 heteroatoms. The van der Waals surface area contributed by atoms with Gasteiger partial charge in [0.05, 0.1) is 7.05 Å². The molecule has 0 radical (unpaired) electrons. The molecule has 0 amide bonds. The second-order valence-corrected chi connectivity index (χ2v) is 4.30. The number of aromatic nitrogens is 4. The Labute approximate surface area is 112 Å². The Morgan fingerprint density at radius 3 is 2.68 bits per heavy atom. The lowest BCUT2D eigenvalue weighted by molar-refractivity contribution is 0.295. The van der Waals surface area contributed by atoms with E-state index < -0.39 is 0 Å². The molecule has 1 aromatic heterocycles. The fourth-order valence-corrected chi connectivity index (χ4v) is 1.64. The Kier molecular flexibility index (Phi) is 4.85. The van der Waals surface area contributed by atoms with Crippen LogP contribution in [0.15, 0.2) is 24.3 Å². The van der Waals surface area contributed by atoms with Crippen molar-refractivity contribution in [1.29, 1.82) is 0 Å². The molecule has 0 saturated heterocycles. The number of nitrogens with one attached hydrogen (secondary N) is 1. The molecule has 2 aromatic rings. The van der Waals surface area contributed by atoms with Crippen LogP contribution < -0.4 is 10.1 Å². The number of ether oxygens (including phenoxy) is 1. The zero-order valence-electron chi connectivity index (χ0n) is 11.3. The average molecular weight is 261 g/mol. The summed E-state index contributed by atoms with van der Waals surface area (Å²) in [5, 5.41) is 15.0. The van der Waals surface area contributed by atoms with Crippen LogP contribution in [0.2, 0.25) is 0 Å². The van der Waals surface area contributed by atoms with Gasteiger partial charge in [0.25, 0.3) is 0 Å². The lowest BCUT2D eigenvalue weighted by atomic mass is 10.2. The SMILES string of the molecule is CCCNCc1ccc(OCc2nnn(C)n2)cc1. The second kappa shape index (κ2) is 6.84. The molecular weight excluding hydrogens is 242 g/mol. The first-order valence-corrected chi connectivity index (χ1v) is 6.43. The van der Waals surface area contributed by atoms with Crippen molar-refractivity contribution in [3.8, 4) is 5.75 Å². The Morgan fingerprint density at radius 2 is 2.05 bits per heavy atom. The highest BCUT2D eigenvalue weighted by Crippen LogP contribution is 2.13. The van der Waals surface area contributed by atoms with Gasteiger partial charge in [0.2, 0.25) is 5.82 Å². The van der Waals surface area contributed by atoms with Crippen LogP contribution in [-0.4, -0.2) is 26.8 Å². The molecule has 0 aliphatic carbocycles. The van der Waals surface area contributed by atoms with Gasteiger partial charge in [0, 0.05) is 6.54 Å². The van der Waals surface area contributed by atoms with E-state index in [-0.39, 0.29) is 0 Å². The number of benzene rings is 1. The Balaban J connectivity index is 1.81. The predicted octanol–water partition coefficient (Wildman–Crippen LogP) is 1.29. The van der Waals surface area contributed by atoms with E-state index in [1.165, 1.54) is 10.4 Å². The van der Waals surface area contributed by atoms with Crippen molar-refractivity contribution in [2.75, 3.05) is 6.54 Å². The molecule has 1 heterocycles. The van der Waals surface area contributed by atoms with Crippen molar-refractivity contribution >= 4 is 0 Å². The van der Waals surface area contributed by atoms with Crippen molar-refractivity contribution in [2.24, 2.45) is 7.05 Å². The Hall–Kier alpha value is -1.95. The van der Waals surface area contributed by atoms with E-state index in [2.05, 4.69) is 39.8 Å². The van der Waals surface area contributed by atoms with Crippen molar-refractivity contribution in [1.82, 2.24) is 25.5 Å². The summed E-state index contributed by atoms with van der Waals surface area (Å²) in [6.45, 7) is 4.42. The van der Waals surface area contributed by atoms with Gasteiger partial charge in [-0.15, -0.1) is 10.2 Å². The third kappa shape index (κ3) is 4.33. The van der Waals surface area contributed by atoms with Gasteiger partial charge in [0.15, 0.2) is 6.61 Å². The van der Waals surface area contributed by atoms with Crippen molar-refractivity contribution in [3.05, 3.63) is 35.7 Å². The molecule has 1 N–H and O–H groups in total. The highest BCUT2D eigenvalue weighted by molar-refractivity contribution is 5.27. The second-order valence-electron chi connectivity index (χ2n) is 4.30. The van der Waals surface area contributed by atoms with Gasteiger partial charge in [-0.2, -0.15) is 4.80 Å². The standard InChI is InChI=1S/C13H19N5O/c1-3-8-14-9-11-4-6-12(7-5-11)19-10-13-15-17-18(2)16-13/h4-7,14H,3,8-10H2,1-2H3. The van der Waals surface area contributed by atoms with E-state index in [4.69, 9.17) is 4.74 Å². The summed E-state index contributed by atoms with van der Waals surface area (Å²) in [5.74, 6) is 1.39. The van der Waals surface area contributed by atoms with Crippen LogP contribution in [0.4, 0.5) is 0 Å². The molecule has 6 nitrogen and oxygen atoms in total. The maximum Gasteiger partial charge on any atom is 0.212 e. The molecule has 0 atom stereocenters. The fraction of sp³-hybridized carbons (Fsp3) is 0.462. The summed E-state index contributed by atoms with van der Waals surface area (Å²) in [6, 6.07) is 8.03. The zero-order valence-corrected chi connectivity index (χ0v) is 11.3. The predicted molar refractivity (Wildman–Crippen MR) is 71.6 cm³/mol. The van der Waals surface area contributed by atoms with Gasteiger partial charge in [0.1, 0.15) is 5.75 Å². The normalized spacial score (nSPS) is 10.6. The average Bonchev–Trinajstić information content (AvgIpc) is 2.84. The summed E-state index contributed by atoms with van der Waals surface area (Å²) in [4.78, 5) is 1.42. The first-order valence-electron chi connectivity index (χ1n) is 6.43. The first-order chi connectivity index (χ1) is 9.28. The van der Waals surface area contributed by atoms with Gasteiger partial charge in [-0.05, 0) is 35.9 Å². The number of nitrogens with zero attached hydrogens (tertiary/aromatic N) is 4. The molecule has 0 spiro atoms. The van der Waals surface area contributed by atoms with Crippen LogP contribution >= 0.6 is 0 Å². The molecule has 102 valence electrons. The Morgan fingerprint density at radius 1 is 1.26 bits per heavy atom. The van der Waals surface area contributed by atoms with E-state index >= 15 is 0 Å². The first kappa shape index (κ1) is 13.5. The number of tetrazole rings is 1. The monoisotopic (exact) mass is 261 g/mol. The number of aryl methyl sites for hydroxylation is 1. The van der Waals surface area contributed by atoms with Crippen molar-refractivity contribution in [2.45, 2.75) is 26.5 Å². The maximum absolute atomic E-state index is 5.59. The molecule has 0 saturated carbocycles.